The third kappa shape index (κ3) is 3.79. The third-order valence-electron chi connectivity index (χ3n) is 3.95. The monoisotopic (exact) mass is 485 g/mol. The second-order valence-corrected chi connectivity index (χ2v) is 7.94. The van der Waals surface area contributed by atoms with E-state index in [-0.39, 0.29) is 5.28 Å². The summed E-state index contributed by atoms with van der Waals surface area (Å²) in [4.78, 5) is 8.63. The number of halogens is 2. The normalized spacial score (nSPS) is 14.0. The summed E-state index contributed by atoms with van der Waals surface area (Å²) in [6.07, 6.45) is 5.28. The van der Waals surface area contributed by atoms with Gasteiger partial charge in [0.2, 0.25) is 5.28 Å². The van der Waals surface area contributed by atoms with Crippen LogP contribution in [0.25, 0.3) is 11.1 Å². The number of ether oxygens (including phenoxy) is 1. The van der Waals surface area contributed by atoms with Crippen LogP contribution in [0.5, 0.6) is 0 Å². The Morgan fingerprint density at radius 1 is 1.20 bits per heavy atom. The Kier molecular flexibility index (Phi) is 5.17. The molecule has 0 saturated heterocycles. The molecule has 0 radical (unpaired) electrons. The van der Waals surface area contributed by atoms with Crippen LogP contribution < -0.4 is 5.32 Å². The number of rotatable bonds is 4. The Morgan fingerprint density at radius 2 is 2.04 bits per heavy atom. The van der Waals surface area contributed by atoms with Gasteiger partial charge in [-0.1, -0.05) is 12.1 Å². The number of nitrogens with zero attached hydrogens (tertiary/aromatic N) is 4. The van der Waals surface area contributed by atoms with Gasteiger partial charge in [-0.3, -0.25) is 0 Å². The molecule has 1 unspecified atom stereocenters. The van der Waals surface area contributed by atoms with Crippen LogP contribution in [0.15, 0.2) is 36.7 Å². The Hall–Kier alpha value is -1.28. The van der Waals surface area contributed by atoms with Crippen LogP contribution in [-0.2, 0) is 17.8 Å². The fourth-order valence-electron chi connectivity index (χ4n) is 2.71. The van der Waals surface area contributed by atoms with E-state index < -0.39 is 0 Å². The summed E-state index contributed by atoms with van der Waals surface area (Å²) < 4.78 is 7.46. The summed E-state index contributed by atoms with van der Waals surface area (Å²) in [5, 5.41) is 7.91. The van der Waals surface area contributed by atoms with Crippen molar-refractivity contribution in [2.75, 3.05) is 11.9 Å². The van der Waals surface area contributed by atoms with E-state index in [0.717, 1.165) is 34.5 Å². The van der Waals surface area contributed by atoms with Crippen LogP contribution in [-0.4, -0.2) is 26.1 Å². The molecule has 0 bridgehead atoms. The lowest BCUT2D eigenvalue weighted by Crippen LogP contribution is -2.15. The molecule has 0 saturated carbocycles. The highest BCUT2D eigenvalue weighted by molar-refractivity contribution is 14.2. The predicted molar refractivity (Wildman–Crippen MR) is 109 cm³/mol. The van der Waals surface area contributed by atoms with E-state index in [0.29, 0.717) is 25.4 Å². The molecule has 1 aliphatic heterocycles. The lowest BCUT2D eigenvalue weighted by Gasteiger charge is -2.19. The Balaban J connectivity index is 1.58. The number of hydrogen-bond acceptors (Lipinski definition) is 5. The van der Waals surface area contributed by atoms with Crippen molar-refractivity contribution in [1.82, 2.24) is 19.5 Å². The highest BCUT2D eigenvalue weighted by Crippen LogP contribution is 2.29. The zero-order chi connectivity index (χ0) is 17.2. The van der Waals surface area contributed by atoms with Gasteiger partial charge in [-0.2, -0.15) is 5.10 Å². The summed E-state index contributed by atoms with van der Waals surface area (Å²) in [7, 11) is 0. The number of aromatic nitrogens is 4. The van der Waals surface area contributed by atoms with Crippen molar-refractivity contribution >= 4 is 51.5 Å². The first-order valence-electron chi connectivity index (χ1n) is 7.65. The topological polar surface area (TPSA) is 64.9 Å². The summed E-state index contributed by atoms with van der Waals surface area (Å²) >= 11 is 8.37. The summed E-state index contributed by atoms with van der Waals surface area (Å²) in [6.45, 7) is 1.17. The fourth-order valence-corrected chi connectivity index (χ4v) is 3.97. The van der Waals surface area contributed by atoms with E-state index in [4.69, 9.17) is 16.3 Å². The van der Waals surface area contributed by atoms with Crippen LogP contribution in [0.3, 0.4) is 0 Å². The van der Waals surface area contributed by atoms with Gasteiger partial charge in [-0.15, -0.1) is 0 Å². The molecule has 0 fully saturated rings. The highest BCUT2D eigenvalue weighted by atomic mass is 127. The SMILES string of the molecule is Clc1nc2c(c(Nc3ccc(-c4cnn(PI)c4)cc3)n1)COCC2. The van der Waals surface area contributed by atoms with Crippen LogP contribution in [0.1, 0.15) is 11.3 Å². The van der Waals surface area contributed by atoms with E-state index >= 15 is 0 Å². The van der Waals surface area contributed by atoms with Gasteiger partial charge in [0.1, 0.15) is 5.82 Å². The quantitative estimate of drug-likeness (QED) is 0.332. The van der Waals surface area contributed by atoms with Crippen molar-refractivity contribution in [2.24, 2.45) is 0 Å². The zero-order valence-electron chi connectivity index (χ0n) is 13.0. The van der Waals surface area contributed by atoms with Crippen molar-refractivity contribution in [1.29, 1.82) is 0 Å². The van der Waals surface area contributed by atoms with Gasteiger partial charge in [-0.05, 0) is 51.3 Å². The average Bonchev–Trinajstić information content (AvgIpc) is 3.11. The largest absolute Gasteiger partial charge is 0.376 e. The molecule has 0 spiro atoms. The van der Waals surface area contributed by atoms with Crippen molar-refractivity contribution < 1.29 is 4.74 Å². The van der Waals surface area contributed by atoms with Gasteiger partial charge < -0.3 is 10.1 Å². The first-order valence-corrected chi connectivity index (χ1v) is 12.1. The Bertz CT molecular complexity index is 902. The van der Waals surface area contributed by atoms with E-state index in [1.165, 1.54) is 0 Å². The maximum atomic E-state index is 6.06. The van der Waals surface area contributed by atoms with E-state index in [9.17, 15) is 0 Å². The van der Waals surface area contributed by atoms with Crippen molar-refractivity contribution in [2.45, 2.75) is 13.0 Å². The van der Waals surface area contributed by atoms with Crippen molar-refractivity contribution in [3.8, 4) is 11.1 Å². The Labute approximate surface area is 164 Å². The fraction of sp³-hybridized carbons (Fsp3) is 0.188. The van der Waals surface area contributed by atoms with Crippen LogP contribution in [0.2, 0.25) is 5.28 Å². The minimum Gasteiger partial charge on any atom is -0.376 e. The van der Waals surface area contributed by atoms with Gasteiger partial charge >= 0.3 is 0 Å². The molecule has 0 aliphatic carbocycles. The highest BCUT2D eigenvalue weighted by Gasteiger charge is 2.18. The average molecular weight is 486 g/mol. The summed E-state index contributed by atoms with van der Waals surface area (Å²) in [5.74, 6) is 0.710. The lowest BCUT2D eigenvalue weighted by atomic mass is 10.1. The van der Waals surface area contributed by atoms with E-state index in [1.807, 2.05) is 29.0 Å². The number of fused-ring (bicyclic) bond motifs is 1. The molecule has 1 N–H and O–H groups in total. The molecule has 2 aromatic heterocycles. The molecule has 1 aliphatic rings. The molecule has 3 heterocycles. The minimum atomic E-state index is 0.256. The number of nitrogens with one attached hydrogen (secondary N) is 1. The molecule has 9 heteroatoms. The Morgan fingerprint density at radius 3 is 2.80 bits per heavy atom. The molecule has 6 nitrogen and oxygen atoms in total. The van der Waals surface area contributed by atoms with Crippen molar-refractivity contribution in [3.05, 3.63) is 53.2 Å². The molecule has 1 aromatic carbocycles. The van der Waals surface area contributed by atoms with Crippen LogP contribution >= 0.6 is 40.0 Å². The van der Waals surface area contributed by atoms with Gasteiger partial charge in [0.25, 0.3) is 0 Å². The van der Waals surface area contributed by atoms with Gasteiger partial charge in [0.05, 0.1) is 31.5 Å². The molecule has 25 heavy (non-hydrogen) atoms. The first kappa shape index (κ1) is 17.1. The van der Waals surface area contributed by atoms with Crippen molar-refractivity contribution in [3.63, 3.8) is 0 Å². The molecular weight excluding hydrogens is 472 g/mol. The molecule has 4 rings (SSSR count). The van der Waals surface area contributed by atoms with E-state index in [1.54, 1.807) is 0 Å². The third-order valence-corrected chi connectivity index (χ3v) is 6.01. The lowest BCUT2D eigenvalue weighted by molar-refractivity contribution is 0.109. The maximum Gasteiger partial charge on any atom is 0.224 e. The van der Waals surface area contributed by atoms with Crippen LogP contribution in [0, 0.1) is 0 Å². The number of anilines is 2. The molecule has 0 amide bonds. The predicted octanol–water partition coefficient (Wildman–Crippen LogP) is 4.60. The minimum absolute atomic E-state index is 0.256. The molecule has 3 aromatic rings. The second-order valence-electron chi connectivity index (χ2n) is 5.53. The number of benzene rings is 1. The number of hydrogen-bond donors (Lipinski definition) is 1. The molecule has 1 atom stereocenters. The first-order chi connectivity index (χ1) is 12.2. The summed E-state index contributed by atoms with van der Waals surface area (Å²) in [5.41, 5.74) is 5.10. The maximum absolute atomic E-state index is 6.06. The second kappa shape index (κ2) is 7.53. The summed E-state index contributed by atoms with van der Waals surface area (Å²) in [6, 6.07) is 8.16. The molecule has 128 valence electrons. The van der Waals surface area contributed by atoms with Gasteiger partial charge in [0, 0.05) is 29.4 Å². The van der Waals surface area contributed by atoms with E-state index in [2.05, 4.69) is 54.6 Å². The van der Waals surface area contributed by atoms with Gasteiger partial charge in [0.15, 0.2) is 0 Å². The zero-order valence-corrected chi connectivity index (χ0v) is 17.0. The van der Waals surface area contributed by atoms with Gasteiger partial charge in [-0.25, -0.2) is 14.4 Å². The molecular formula is C16H14ClIN5OP. The standard InChI is InChI=1S/C16H14ClIN5OP/c17-16-21-14-5-6-24-9-13(14)15(22-16)20-12-3-1-10(2-4-12)11-7-19-23(8-11)25-18/h1-4,7-8,25H,5-6,9H2,(H,20,21,22). The smallest absolute Gasteiger partial charge is 0.224 e. The van der Waals surface area contributed by atoms with Crippen LogP contribution in [0.4, 0.5) is 11.5 Å².